The highest BCUT2D eigenvalue weighted by molar-refractivity contribution is 6.31. The quantitative estimate of drug-likeness (QED) is 0.808. The summed E-state index contributed by atoms with van der Waals surface area (Å²) in [6, 6.07) is 4.73. The Morgan fingerprint density at radius 3 is 2.86 bits per heavy atom. The molecule has 2 aromatic rings. The zero-order chi connectivity index (χ0) is 15.4. The van der Waals surface area contributed by atoms with Crippen LogP contribution >= 0.6 is 11.6 Å². The fourth-order valence-electron chi connectivity index (χ4n) is 1.68. The van der Waals surface area contributed by atoms with E-state index >= 15 is 0 Å². The summed E-state index contributed by atoms with van der Waals surface area (Å²) in [4.78, 5) is 22.4. The smallest absolute Gasteiger partial charge is 0.325 e. The van der Waals surface area contributed by atoms with Crippen molar-refractivity contribution >= 4 is 35.0 Å². The highest BCUT2D eigenvalue weighted by atomic mass is 35.5. The number of hydrogen-bond acceptors (Lipinski definition) is 3. The SMILES string of the molecule is Cc1c(Cl)cccc1NC(=O)Nc1cnn(CC(=O)O)c1. The molecular weight excluding hydrogens is 296 g/mol. The molecule has 7 nitrogen and oxygen atoms in total. The number of urea groups is 1. The van der Waals surface area contributed by atoms with Gasteiger partial charge in [-0.15, -0.1) is 0 Å². The van der Waals surface area contributed by atoms with Crippen molar-refractivity contribution in [3.63, 3.8) is 0 Å². The van der Waals surface area contributed by atoms with Gasteiger partial charge in [-0.25, -0.2) is 4.79 Å². The molecule has 0 fully saturated rings. The Balaban J connectivity index is 2.00. The number of carbonyl (C=O) groups is 2. The maximum atomic E-state index is 11.9. The minimum atomic E-state index is -1.01. The molecule has 110 valence electrons. The van der Waals surface area contributed by atoms with E-state index in [4.69, 9.17) is 16.7 Å². The first-order valence-corrected chi connectivity index (χ1v) is 6.41. The van der Waals surface area contributed by atoms with Crippen molar-refractivity contribution < 1.29 is 14.7 Å². The predicted octanol–water partition coefficient (Wildman–Crippen LogP) is 2.57. The van der Waals surface area contributed by atoms with Crippen LogP contribution in [0.4, 0.5) is 16.2 Å². The molecule has 0 unspecified atom stereocenters. The van der Waals surface area contributed by atoms with E-state index in [0.717, 1.165) is 5.56 Å². The summed E-state index contributed by atoms with van der Waals surface area (Å²) in [6.07, 6.45) is 2.80. The second-order valence-corrected chi connectivity index (χ2v) is 4.72. The maximum absolute atomic E-state index is 11.9. The van der Waals surface area contributed by atoms with Crippen LogP contribution in [0.25, 0.3) is 0 Å². The number of amides is 2. The minimum absolute atomic E-state index is 0.267. The Morgan fingerprint density at radius 1 is 1.38 bits per heavy atom. The molecule has 0 aliphatic heterocycles. The molecule has 0 aliphatic rings. The second kappa shape index (κ2) is 6.27. The van der Waals surface area contributed by atoms with Gasteiger partial charge in [0.2, 0.25) is 0 Å². The van der Waals surface area contributed by atoms with Gasteiger partial charge in [0, 0.05) is 16.9 Å². The zero-order valence-corrected chi connectivity index (χ0v) is 11.9. The van der Waals surface area contributed by atoms with E-state index in [2.05, 4.69) is 15.7 Å². The average molecular weight is 309 g/mol. The summed E-state index contributed by atoms with van der Waals surface area (Å²) >= 11 is 5.97. The van der Waals surface area contributed by atoms with Gasteiger partial charge < -0.3 is 15.7 Å². The van der Waals surface area contributed by atoms with Crippen LogP contribution in [-0.4, -0.2) is 26.9 Å². The molecule has 3 N–H and O–H groups in total. The summed E-state index contributed by atoms with van der Waals surface area (Å²) in [7, 11) is 0. The Kier molecular flexibility index (Phi) is 4.44. The molecule has 1 aromatic heterocycles. The molecule has 0 saturated carbocycles. The van der Waals surface area contributed by atoms with Crippen molar-refractivity contribution in [3.8, 4) is 0 Å². The summed E-state index contributed by atoms with van der Waals surface area (Å²) in [5.74, 6) is -1.01. The van der Waals surface area contributed by atoms with Crippen LogP contribution in [0.1, 0.15) is 5.56 Å². The number of benzene rings is 1. The molecule has 8 heteroatoms. The van der Waals surface area contributed by atoms with E-state index in [1.807, 2.05) is 0 Å². The normalized spacial score (nSPS) is 10.2. The summed E-state index contributed by atoms with van der Waals surface area (Å²) in [6.45, 7) is 1.53. The number of aliphatic carboxylic acids is 1. The highest BCUT2D eigenvalue weighted by Gasteiger charge is 2.08. The number of aromatic nitrogens is 2. The summed E-state index contributed by atoms with van der Waals surface area (Å²) in [5, 5.41) is 18.2. The fraction of sp³-hybridized carbons (Fsp3) is 0.154. The molecule has 2 amide bonds. The van der Waals surface area contributed by atoms with E-state index in [-0.39, 0.29) is 6.54 Å². The molecule has 0 bridgehead atoms. The first-order chi connectivity index (χ1) is 9.95. The second-order valence-electron chi connectivity index (χ2n) is 4.31. The zero-order valence-electron chi connectivity index (χ0n) is 11.1. The van der Waals surface area contributed by atoms with Crippen LogP contribution in [0.15, 0.2) is 30.6 Å². The van der Waals surface area contributed by atoms with Gasteiger partial charge >= 0.3 is 12.0 Å². The first kappa shape index (κ1) is 14.9. The van der Waals surface area contributed by atoms with Gasteiger partial charge in [0.25, 0.3) is 0 Å². The van der Waals surface area contributed by atoms with Gasteiger partial charge in [-0.3, -0.25) is 9.48 Å². The highest BCUT2D eigenvalue weighted by Crippen LogP contribution is 2.23. The third kappa shape index (κ3) is 3.96. The van der Waals surface area contributed by atoms with Crippen molar-refractivity contribution in [2.75, 3.05) is 10.6 Å². The minimum Gasteiger partial charge on any atom is -0.480 e. The third-order valence-corrected chi connectivity index (χ3v) is 3.11. The van der Waals surface area contributed by atoms with Crippen LogP contribution in [0.5, 0.6) is 0 Å². The number of rotatable bonds is 4. The number of hydrogen-bond donors (Lipinski definition) is 3. The standard InChI is InChI=1S/C13H13ClN4O3/c1-8-10(14)3-2-4-11(8)17-13(21)16-9-5-15-18(6-9)7-12(19)20/h2-6H,7H2,1H3,(H,19,20)(H2,16,17,21). The topological polar surface area (TPSA) is 96.3 Å². The molecule has 0 saturated heterocycles. The molecular formula is C13H13ClN4O3. The maximum Gasteiger partial charge on any atom is 0.325 e. The monoisotopic (exact) mass is 308 g/mol. The number of anilines is 2. The van der Waals surface area contributed by atoms with Crippen molar-refractivity contribution in [1.29, 1.82) is 0 Å². The van der Waals surface area contributed by atoms with Gasteiger partial charge in [-0.2, -0.15) is 5.10 Å². The van der Waals surface area contributed by atoms with E-state index in [1.165, 1.54) is 17.1 Å². The molecule has 1 aromatic carbocycles. The Hall–Kier alpha value is -2.54. The van der Waals surface area contributed by atoms with Crippen molar-refractivity contribution in [3.05, 3.63) is 41.2 Å². The van der Waals surface area contributed by atoms with Crippen LogP contribution in [0.3, 0.4) is 0 Å². The Morgan fingerprint density at radius 2 is 2.14 bits per heavy atom. The number of carboxylic acid groups (broad SMARTS) is 1. The predicted molar refractivity (Wildman–Crippen MR) is 78.7 cm³/mol. The van der Waals surface area contributed by atoms with E-state index in [0.29, 0.717) is 16.4 Å². The average Bonchev–Trinajstić information content (AvgIpc) is 2.81. The fourth-order valence-corrected chi connectivity index (χ4v) is 1.86. The number of nitrogens with one attached hydrogen (secondary N) is 2. The number of halogens is 1. The van der Waals surface area contributed by atoms with Crippen molar-refractivity contribution in [2.45, 2.75) is 13.5 Å². The molecule has 2 rings (SSSR count). The van der Waals surface area contributed by atoms with E-state index < -0.39 is 12.0 Å². The van der Waals surface area contributed by atoms with Gasteiger partial charge in [0.1, 0.15) is 6.54 Å². The summed E-state index contributed by atoms with van der Waals surface area (Å²) in [5.41, 5.74) is 1.75. The molecule has 0 aliphatic carbocycles. The lowest BCUT2D eigenvalue weighted by atomic mass is 10.2. The number of nitrogens with zero attached hydrogens (tertiary/aromatic N) is 2. The van der Waals surface area contributed by atoms with Gasteiger partial charge in [0.05, 0.1) is 11.9 Å². The molecule has 0 spiro atoms. The lowest BCUT2D eigenvalue weighted by Gasteiger charge is -2.09. The molecule has 21 heavy (non-hydrogen) atoms. The van der Waals surface area contributed by atoms with Crippen LogP contribution in [-0.2, 0) is 11.3 Å². The third-order valence-electron chi connectivity index (χ3n) is 2.70. The lowest BCUT2D eigenvalue weighted by molar-refractivity contribution is -0.137. The molecule has 1 heterocycles. The summed E-state index contributed by atoms with van der Waals surface area (Å²) < 4.78 is 1.21. The first-order valence-electron chi connectivity index (χ1n) is 6.03. The lowest BCUT2D eigenvalue weighted by Crippen LogP contribution is -2.19. The largest absolute Gasteiger partial charge is 0.480 e. The van der Waals surface area contributed by atoms with Crippen LogP contribution in [0.2, 0.25) is 5.02 Å². The van der Waals surface area contributed by atoms with Crippen LogP contribution < -0.4 is 10.6 Å². The van der Waals surface area contributed by atoms with E-state index in [1.54, 1.807) is 25.1 Å². The van der Waals surface area contributed by atoms with Gasteiger partial charge in [-0.1, -0.05) is 17.7 Å². The molecule has 0 radical (unpaired) electrons. The molecule has 0 atom stereocenters. The number of carboxylic acids is 1. The van der Waals surface area contributed by atoms with Crippen LogP contribution in [0, 0.1) is 6.92 Å². The van der Waals surface area contributed by atoms with Gasteiger partial charge in [-0.05, 0) is 24.6 Å². The Labute approximate surface area is 125 Å². The van der Waals surface area contributed by atoms with E-state index in [9.17, 15) is 9.59 Å². The van der Waals surface area contributed by atoms with Crippen molar-refractivity contribution in [2.24, 2.45) is 0 Å². The number of carbonyl (C=O) groups excluding carboxylic acids is 1. The van der Waals surface area contributed by atoms with Crippen molar-refractivity contribution in [1.82, 2.24) is 9.78 Å². The Bertz CT molecular complexity index is 684. The van der Waals surface area contributed by atoms with Gasteiger partial charge in [0.15, 0.2) is 0 Å².